The Morgan fingerprint density at radius 3 is 3.12 bits per heavy atom. The van der Waals surface area contributed by atoms with Gasteiger partial charge in [0.1, 0.15) is 5.52 Å². The van der Waals surface area contributed by atoms with Crippen LogP contribution in [0.1, 0.15) is 11.1 Å². The number of aryl methyl sites for hydroxylation is 1. The number of rotatable bonds is 1. The molecule has 0 saturated heterocycles. The lowest BCUT2D eigenvalue weighted by atomic mass is 10.2. The highest BCUT2D eigenvalue weighted by molar-refractivity contribution is 5.75. The van der Waals surface area contributed by atoms with E-state index in [1.165, 1.54) is 0 Å². The van der Waals surface area contributed by atoms with Crippen molar-refractivity contribution in [2.24, 2.45) is 0 Å². The first-order valence-corrected chi connectivity index (χ1v) is 5.30. The zero-order chi connectivity index (χ0) is 12.0. The third kappa shape index (κ3) is 1.36. The van der Waals surface area contributed by atoms with Gasteiger partial charge in [0.05, 0.1) is 12.1 Å². The molecule has 3 aromatic heterocycles. The van der Waals surface area contributed by atoms with E-state index in [4.69, 9.17) is 5.11 Å². The second-order valence-corrected chi connectivity index (χ2v) is 4.04. The van der Waals surface area contributed by atoms with Crippen LogP contribution in [0.4, 0.5) is 0 Å². The van der Waals surface area contributed by atoms with Crippen molar-refractivity contribution in [2.45, 2.75) is 13.5 Å². The maximum absolute atomic E-state index is 11.9. The summed E-state index contributed by atoms with van der Waals surface area (Å²) in [6.07, 6.45) is 3.43. The van der Waals surface area contributed by atoms with Gasteiger partial charge in [0.2, 0.25) is 0 Å². The fourth-order valence-corrected chi connectivity index (χ4v) is 2.05. The maximum Gasteiger partial charge on any atom is 0.273 e. The molecule has 5 nitrogen and oxygen atoms in total. The number of aromatic nitrogens is 3. The molecule has 5 heteroatoms. The average molecular weight is 229 g/mol. The van der Waals surface area contributed by atoms with Crippen molar-refractivity contribution >= 4 is 16.7 Å². The minimum Gasteiger partial charge on any atom is -0.392 e. The van der Waals surface area contributed by atoms with Crippen molar-refractivity contribution in [3.8, 4) is 0 Å². The fraction of sp³-hybridized carbons (Fsp3) is 0.167. The van der Waals surface area contributed by atoms with Gasteiger partial charge >= 0.3 is 0 Å². The summed E-state index contributed by atoms with van der Waals surface area (Å²) < 4.78 is 1.77. The van der Waals surface area contributed by atoms with E-state index in [1.54, 1.807) is 16.7 Å². The predicted molar refractivity (Wildman–Crippen MR) is 64.0 cm³/mol. The number of nitrogens with one attached hydrogen (secondary N) is 1. The van der Waals surface area contributed by atoms with Crippen LogP contribution in [0.25, 0.3) is 16.7 Å². The van der Waals surface area contributed by atoms with E-state index < -0.39 is 0 Å². The van der Waals surface area contributed by atoms with Crippen LogP contribution in [0.15, 0.2) is 29.3 Å². The van der Waals surface area contributed by atoms with E-state index in [0.717, 1.165) is 5.56 Å². The normalized spacial score (nSPS) is 11.4. The Kier molecular flexibility index (Phi) is 2.02. The topological polar surface area (TPSA) is 70.4 Å². The van der Waals surface area contributed by atoms with Gasteiger partial charge in [0.25, 0.3) is 5.56 Å². The van der Waals surface area contributed by atoms with Crippen LogP contribution in [0.2, 0.25) is 0 Å². The maximum atomic E-state index is 11.9. The molecule has 17 heavy (non-hydrogen) atoms. The predicted octanol–water partition coefficient (Wildman–Crippen LogP) is 0.977. The molecule has 86 valence electrons. The van der Waals surface area contributed by atoms with Gasteiger partial charge in [-0.2, -0.15) is 0 Å². The Bertz CT molecular complexity index is 770. The molecular formula is C12H11N3O2. The molecular weight excluding hydrogens is 218 g/mol. The molecule has 3 aromatic rings. The van der Waals surface area contributed by atoms with Crippen molar-refractivity contribution in [1.82, 2.24) is 14.4 Å². The summed E-state index contributed by atoms with van der Waals surface area (Å²) in [7, 11) is 0. The van der Waals surface area contributed by atoms with Crippen LogP contribution in [0.3, 0.4) is 0 Å². The highest BCUT2D eigenvalue weighted by Gasteiger charge is 2.08. The van der Waals surface area contributed by atoms with Gasteiger partial charge in [-0.15, -0.1) is 0 Å². The van der Waals surface area contributed by atoms with Crippen LogP contribution in [-0.4, -0.2) is 19.5 Å². The number of hydrogen-bond acceptors (Lipinski definition) is 3. The number of aromatic amines is 1. The zero-order valence-corrected chi connectivity index (χ0v) is 9.27. The summed E-state index contributed by atoms with van der Waals surface area (Å²) in [6.45, 7) is 1.80. The van der Waals surface area contributed by atoms with Gasteiger partial charge in [-0.25, -0.2) is 4.98 Å². The van der Waals surface area contributed by atoms with E-state index in [1.807, 2.05) is 19.2 Å². The summed E-state index contributed by atoms with van der Waals surface area (Å²) in [4.78, 5) is 19.0. The highest BCUT2D eigenvalue weighted by Crippen LogP contribution is 2.14. The van der Waals surface area contributed by atoms with E-state index in [9.17, 15) is 4.79 Å². The number of H-pyrrole nitrogens is 1. The van der Waals surface area contributed by atoms with Gasteiger partial charge in [-0.05, 0) is 30.2 Å². The van der Waals surface area contributed by atoms with Crippen LogP contribution < -0.4 is 5.56 Å². The van der Waals surface area contributed by atoms with E-state index in [2.05, 4.69) is 9.97 Å². The Morgan fingerprint density at radius 2 is 2.35 bits per heavy atom. The Balaban J connectivity index is 2.53. The summed E-state index contributed by atoms with van der Waals surface area (Å²) in [5.74, 6) is 0. The molecule has 0 saturated carbocycles. The smallest absolute Gasteiger partial charge is 0.273 e. The first kappa shape index (κ1) is 10.0. The quantitative estimate of drug-likeness (QED) is 0.653. The van der Waals surface area contributed by atoms with E-state index in [-0.39, 0.29) is 12.2 Å². The van der Waals surface area contributed by atoms with Gasteiger partial charge in [-0.1, -0.05) is 0 Å². The first-order valence-electron chi connectivity index (χ1n) is 5.30. The van der Waals surface area contributed by atoms with Crippen LogP contribution in [-0.2, 0) is 6.61 Å². The highest BCUT2D eigenvalue weighted by atomic mass is 16.3. The molecule has 3 rings (SSSR count). The third-order valence-electron chi connectivity index (χ3n) is 2.89. The van der Waals surface area contributed by atoms with Crippen molar-refractivity contribution in [1.29, 1.82) is 0 Å². The van der Waals surface area contributed by atoms with Crippen LogP contribution in [0.5, 0.6) is 0 Å². The number of hydrogen-bond donors (Lipinski definition) is 2. The summed E-state index contributed by atoms with van der Waals surface area (Å²) in [6, 6.07) is 3.62. The average Bonchev–Trinajstić information content (AvgIpc) is 2.71. The second kappa shape index (κ2) is 3.43. The van der Waals surface area contributed by atoms with Crippen LogP contribution >= 0.6 is 0 Å². The molecule has 0 aliphatic rings. The lowest BCUT2D eigenvalue weighted by molar-refractivity contribution is 0.281. The van der Waals surface area contributed by atoms with Gasteiger partial charge < -0.3 is 10.1 Å². The number of aliphatic hydroxyl groups excluding tert-OH is 1. The molecule has 2 N–H and O–H groups in total. The number of fused-ring (bicyclic) bond motifs is 3. The van der Waals surface area contributed by atoms with E-state index in [0.29, 0.717) is 22.2 Å². The first-order chi connectivity index (χ1) is 8.20. The standard InChI is InChI=1S/C12H11N3O2/c1-7-2-3-15-10(7)12(17)14-9-4-8(6-16)5-13-11(9)15/h2-5,16H,6H2,1H3,(H,14,17). The second-order valence-electron chi connectivity index (χ2n) is 4.04. The largest absolute Gasteiger partial charge is 0.392 e. The Morgan fingerprint density at radius 1 is 1.53 bits per heavy atom. The molecule has 3 heterocycles. The lowest BCUT2D eigenvalue weighted by Crippen LogP contribution is -2.11. The summed E-state index contributed by atoms with van der Waals surface area (Å²) in [5.41, 5.74) is 3.38. The van der Waals surface area contributed by atoms with Crippen LogP contribution in [0, 0.1) is 6.92 Å². The minimum absolute atomic E-state index is 0.0896. The van der Waals surface area contributed by atoms with Gasteiger partial charge in [0.15, 0.2) is 5.65 Å². The third-order valence-corrected chi connectivity index (χ3v) is 2.89. The summed E-state index contributed by atoms with van der Waals surface area (Å²) in [5, 5.41) is 9.04. The molecule has 0 aliphatic heterocycles. The lowest BCUT2D eigenvalue weighted by Gasteiger charge is -2.03. The molecule has 0 bridgehead atoms. The molecule has 0 aliphatic carbocycles. The monoisotopic (exact) mass is 229 g/mol. The van der Waals surface area contributed by atoms with Crippen molar-refractivity contribution in [3.63, 3.8) is 0 Å². The molecule has 0 unspecified atom stereocenters. The molecule has 0 spiro atoms. The number of nitrogens with zero attached hydrogens (tertiary/aromatic N) is 2. The zero-order valence-electron chi connectivity index (χ0n) is 9.27. The Hall–Kier alpha value is -2.14. The molecule has 0 amide bonds. The van der Waals surface area contributed by atoms with Gasteiger partial charge in [-0.3, -0.25) is 9.20 Å². The molecule has 0 atom stereocenters. The number of pyridine rings is 1. The fourth-order valence-electron chi connectivity index (χ4n) is 2.05. The van der Waals surface area contributed by atoms with E-state index >= 15 is 0 Å². The Labute approximate surface area is 96.4 Å². The minimum atomic E-state index is -0.142. The molecule has 0 aromatic carbocycles. The van der Waals surface area contributed by atoms with Gasteiger partial charge in [0, 0.05) is 12.4 Å². The molecule has 0 fully saturated rings. The summed E-state index contributed by atoms with van der Waals surface area (Å²) >= 11 is 0. The van der Waals surface area contributed by atoms with Crippen molar-refractivity contribution in [3.05, 3.63) is 46.0 Å². The van der Waals surface area contributed by atoms with Crippen molar-refractivity contribution in [2.75, 3.05) is 0 Å². The SMILES string of the molecule is Cc1ccn2c1c(=O)[nH]c1cc(CO)cnc12. The number of aliphatic hydroxyl groups is 1. The van der Waals surface area contributed by atoms with Crippen molar-refractivity contribution < 1.29 is 5.11 Å². The molecule has 0 radical (unpaired) electrons.